The molecule has 0 spiro atoms. The lowest BCUT2D eigenvalue weighted by molar-refractivity contribution is -0.127. The van der Waals surface area contributed by atoms with E-state index in [1.165, 1.54) is 0 Å². The van der Waals surface area contributed by atoms with E-state index < -0.39 is 24.1 Å². The zero-order chi connectivity index (χ0) is 25.6. The van der Waals surface area contributed by atoms with Crippen LogP contribution in [0, 0.1) is 5.92 Å². The topological polar surface area (TPSA) is 141 Å². The number of nitrogens with one attached hydrogen (secondary N) is 3. The van der Waals surface area contributed by atoms with Crippen molar-refractivity contribution in [1.82, 2.24) is 16.0 Å². The minimum atomic E-state index is -0.869. The first kappa shape index (κ1) is 31.6. The van der Waals surface area contributed by atoms with Gasteiger partial charge in [-0.2, -0.15) is 0 Å². The third-order valence-corrected chi connectivity index (χ3v) is 4.50. The average Bonchev–Trinajstić information content (AvgIpc) is 2.80. The summed E-state index contributed by atoms with van der Waals surface area (Å²) in [6.07, 6.45) is 1.91. The first-order valence-corrected chi connectivity index (χ1v) is 12.1. The number of amides is 3. The van der Waals surface area contributed by atoms with Crippen LogP contribution in [-0.4, -0.2) is 82.6 Å². The predicted molar refractivity (Wildman–Crippen MR) is 127 cm³/mol. The summed E-state index contributed by atoms with van der Waals surface area (Å²) < 4.78 is 20.5. The van der Waals surface area contributed by atoms with Crippen molar-refractivity contribution in [3.8, 4) is 0 Å². The number of rotatable bonds is 20. The molecule has 11 heteroatoms. The highest BCUT2D eigenvalue weighted by molar-refractivity contribution is 5.90. The van der Waals surface area contributed by atoms with Crippen molar-refractivity contribution in [2.24, 2.45) is 5.92 Å². The lowest BCUT2D eigenvalue weighted by atomic mass is 10.1. The summed E-state index contributed by atoms with van der Waals surface area (Å²) >= 11 is 0. The Morgan fingerprint density at radius 3 is 1.88 bits per heavy atom. The summed E-state index contributed by atoms with van der Waals surface area (Å²) in [5.41, 5.74) is 0. The van der Waals surface area contributed by atoms with Gasteiger partial charge in [0.2, 0.25) is 5.91 Å². The summed E-state index contributed by atoms with van der Waals surface area (Å²) in [6.45, 7) is 9.79. The number of carbonyl (C=O) groups is 4. The monoisotopic (exact) mass is 489 g/mol. The van der Waals surface area contributed by atoms with Crippen molar-refractivity contribution in [2.75, 3.05) is 52.7 Å². The van der Waals surface area contributed by atoms with Crippen LogP contribution in [0.5, 0.6) is 0 Å². The van der Waals surface area contributed by atoms with Gasteiger partial charge in [-0.25, -0.2) is 9.59 Å². The molecule has 3 amide bonds. The van der Waals surface area contributed by atoms with Gasteiger partial charge in [-0.05, 0) is 32.1 Å². The van der Waals surface area contributed by atoms with Crippen molar-refractivity contribution >= 4 is 23.9 Å². The van der Waals surface area contributed by atoms with Crippen LogP contribution in [0.25, 0.3) is 0 Å². The number of ketones is 1. The summed E-state index contributed by atoms with van der Waals surface area (Å²) in [5, 5.41) is 7.73. The summed E-state index contributed by atoms with van der Waals surface area (Å²) in [4.78, 5) is 48.0. The molecule has 0 saturated carbocycles. The van der Waals surface area contributed by atoms with Gasteiger partial charge in [0.05, 0.1) is 19.8 Å². The Hall–Kier alpha value is -2.40. The van der Waals surface area contributed by atoms with Crippen LogP contribution < -0.4 is 16.0 Å². The molecule has 11 nitrogen and oxygen atoms in total. The third kappa shape index (κ3) is 18.1. The van der Waals surface area contributed by atoms with Gasteiger partial charge in [0.1, 0.15) is 19.3 Å². The van der Waals surface area contributed by atoms with Gasteiger partial charge in [0.25, 0.3) is 0 Å². The first-order chi connectivity index (χ1) is 16.3. The molecule has 0 radical (unpaired) electrons. The molecular weight excluding hydrogens is 446 g/mol. The fraction of sp³-hybridized carbons (Fsp3) is 0.826. The molecule has 0 saturated heterocycles. The van der Waals surface area contributed by atoms with E-state index in [1.54, 1.807) is 13.8 Å². The smallest absolute Gasteiger partial charge is 0.407 e. The number of hydrogen-bond acceptors (Lipinski definition) is 8. The second kappa shape index (κ2) is 21.2. The minimum absolute atomic E-state index is 0.0710. The predicted octanol–water partition coefficient (Wildman–Crippen LogP) is 2.17. The number of carbonyl (C=O) groups excluding carboxylic acids is 4. The van der Waals surface area contributed by atoms with Crippen LogP contribution in [0.15, 0.2) is 0 Å². The molecule has 0 aliphatic heterocycles. The first-order valence-electron chi connectivity index (χ1n) is 12.1. The van der Waals surface area contributed by atoms with E-state index in [2.05, 4.69) is 16.0 Å². The SMILES string of the molecule is CCCOCCOC(=O)NCCCCC(NC(=O)OCCOCCC)C(=O)NCC(=O)C(C)C. The number of Topliss-reactive ketones (excluding diaryl/α,β-unsaturated/α-hetero) is 1. The van der Waals surface area contributed by atoms with Crippen LogP contribution in [0.1, 0.15) is 59.8 Å². The lowest BCUT2D eigenvalue weighted by Gasteiger charge is -2.18. The molecule has 0 aromatic rings. The molecular formula is C23H43N3O8. The van der Waals surface area contributed by atoms with Gasteiger partial charge in [-0.3, -0.25) is 9.59 Å². The van der Waals surface area contributed by atoms with E-state index in [9.17, 15) is 19.2 Å². The Labute approximate surface area is 203 Å². The van der Waals surface area contributed by atoms with Crippen molar-refractivity contribution in [3.63, 3.8) is 0 Å². The van der Waals surface area contributed by atoms with Crippen LogP contribution >= 0.6 is 0 Å². The second-order valence-electron chi connectivity index (χ2n) is 7.95. The highest BCUT2D eigenvalue weighted by Gasteiger charge is 2.22. The maximum absolute atomic E-state index is 12.5. The molecule has 1 unspecified atom stereocenters. The second-order valence-corrected chi connectivity index (χ2v) is 7.95. The quantitative estimate of drug-likeness (QED) is 0.221. The van der Waals surface area contributed by atoms with Gasteiger partial charge < -0.3 is 34.9 Å². The van der Waals surface area contributed by atoms with Crippen LogP contribution in [-0.2, 0) is 28.5 Å². The highest BCUT2D eigenvalue weighted by atomic mass is 16.6. The van der Waals surface area contributed by atoms with Gasteiger partial charge in [0.15, 0.2) is 5.78 Å². The number of alkyl carbamates (subject to hydrolysis) is 2. The van der Waals surface area contributed by atoms with E-state index >= 15 is 0 Å². The Balaban J connectivity index is 4.39. The molecule has 3 N–H and O–H groups in total. The number of unbranched alkanes of at least 4 members (excludes halogenated alkanes) is 1. The molecule has 0 aliphatic carbocycles. The zero-order valence-electron chi connectivity index (χ0n) is 21.1. The third-order valence-electron chi connectivity index (χ3n) is 4.50. The summed E-state index contributed by atoms with van der Waals surface area (Å²) in [5.74, 6) is -0.776. The largest absolute Gasteiger partial charge is 0.447 e. The Morgan fingerprint density at radius 1 is 0.735 bits per heavy atom. The van der Waals surface area contributed by atoms with E-state index in [0.717, 1.165) is 12.8 Å². The van der Waals surface area contributed by atoms with Crippen molar-refractivity contribution in [2.45, 2.75) is 65.8 Å². The zero-order valence-corrected chi connectivity index (χ0v) is 21.1. The minimum Gasteiger partial charge on any atom is -0.447 e. The normalized spacial score (nSPS) is 11.6. The molecule has 198 valence electrons. The fourth-order valence-corrected chi connectivity index (χ4v) is 2.55. The Kier molecular flexibility index (Phi) is 19.7. The van der Waals surface area contributed by atoms with Crippen molar-refractivity contribution in [1.29, 1.82) is 0 Å². The Bertz CT molecular complexity index is 587. The molecule has 0 bridgehead atoms. The van der Waals surface area contributed by atoms with Crippen molar-refractivity contribution < 1.29 is 38.1 Å². The van der Waals surface area contributed by atoms with Crippen LogP contribution in [0.3, 0.4) is 0 Å². The maximum Gasteiger partial charge on any atom is 0.407 e. The van der Waals surface area contributed by atoms with E-state index in [4.69, 9.17) is 18.9 Å². The Morgan fingerprint density at radius 2 is 1.32 bits per heavy atom. The lowest BCUT2D eigenvalue weighted by Crippen LogP contribution is -2.48. The van der Waals surface area contributed by atoms with Gasteiger partial charge in [-0.15, -0.1) is 0 Å². The van der Waals surface area contributed by atoms with Gasteiger partial charge in [0, 0.05) is 25.7 Å². The van der Waals surface area contributed by atoms with Gasteiger partial charge >= 0.3 is 12.2 Å². The summed E-state index contributed by atoms with van der Waals surface area (Å²) in [6, 6.07) is -0.869. The van der Waals surface area contributed by atoms with E-state index in [-0.39, 0.29) is 38.1 Å². The summed E-state index contributed by atoms with van der Waals surface area (Å²) in [7, 11) is 0. The van der Waals surface area contributed by atoms with Crippen LogP contribution in [0.2, 0.25) is 0 Å². The van der Waals surface area contributed by atoms with Gasteiger partial charge in [-0.1, -0.05) is 27.7 Å². The standard InChI is InChI=1S/C23H43N3O8/c1-5-11-31-13-15-33-22(29)24-10-8-7-9-19(21(28)25-17-20(27)18(3)4)26-23(30)34-16-14-32-12-6-2/h18-19H,5-17H2,1-4H3,(H,24,29)(H,25,28)(H,26,30). The molecule has 1 atom stereocenters. The molecule has 0 aromatic carbocycles. The number of ether oxygens (including phenoxy) is 4. The molecule has 0 rings (SSSR count). The fourth-order valence-electron chi connectivity index (χ4n) is 2.55. The highest BCUT2D eigenvalue weighted by Crippen LogP contribution is 2.03. The molecule has 34 heavy (non-hydrogen) atoms. The molecule has 0 aliphatic rings. The van der Waals surface area contributed by atoms with E-state index in [1.807, 2.05) is 13.8 Å². The maximum atomic E-state index is 12.5. The molecule has 0 heterocycles. The van der Waals surface area contributed by atoms with E-state index in [0.29, 0.717) is 45.6 Å². The van der Waals surface area contributed by atoms with Crippen molar-refractivity contribution in [3.05, 3.63) is 0 Å². The van der Waals surface area contributed by atoms with Crippen LogP contribution in [0.4, 0.5) is 9.59 Å². The molecule has 0 aromatic heterocycles. The average molecular weight is 490 g/mol. The molecule has 0 fully saturated rings. The number of hydrogen-bond donors (Lipinski definition) is 3.